The molecule has 4 nitrogen and oxygen atoms in total. The molecule has 0 atom stereocenters. The molecule has 2 rings (SSSR count). The number of aromatic hydroxyl groups is 1. The van der Waals surface area contributed by atoms with Gasteiger partial charge in [-0.15, -0.1) is 0 Å². The highest BCUT2D eigenvalue weighted by molar-refractivity contribution is 6.30. The zero-order chi connectivity index (χ0) is 13.8. The van der Waals surface area contributed by atoms with Gasteiger partial charge in [0.25, 0.3) is 0 Å². The summed E-state index contributed by atoms with van der Waals surface area (Å²) < 4.78 is 0. The number of nitrogen functional groups attached to an aromatic ring is 1. The first-order valence-electron chi connectivity index (χ1n) is 5.61. The van der Waals surface area contributed by atoms with E-state index in [-0.39, 0.29) is 5.75 Å². The number of halogens is 1. The minimum absolute atomic E-state index is 0.155. The fraction of sp³-hybridized carbons (Fsp3) is 0.0714. The van der Waals surface area contributed by atoms with Crippen LogP contribution in [0.2, 0.25) is 5.02 Å². The van der Waals surface area contributed by atoms with Crippen LogP contribution in [0.4, 0.5) is 11.4 Å². The van der Waals surface area contributed by atoms with Crippen LogP contribution >= 0.6 is 11.6 Å². The Balaban J connectivity index is 2.21. The van der Waals surface area contributed by atoms with Gasteiger partial charge in [0.05, 0.1) is 11.3 Å². The van der Waals surface area contributed by atoms with Crippen molar-refractivity contribution in [3.05, 3.63) is 52.5 Å². The van der Waals surface area contributed by atoms with Crippen molar-refractivity contribution in [1.29, 1.82) is 5.26 Å². The van der Waals surface area contributed by atoms with Gasteiger partial charge in [-0.1, -0.05) is 11.6 Å². The topological polar surface area (TPSA) is 82.1 Å². The maximum Gasteiger partial charge on any atom is 0.120 e. The van der Waals surface area contributed by atoms with Crippen LogP contribution in [0.5, 0.6) is 5.75 Å². The number of hydrogen-bond acceptors (Lipinski definition) is 4. The number of nitrogens with one attached hydrogen (secondary N) is 1. The summed E-state index contributed by atoms with van der Waals surface area (Å²) in [6, 6.07) is 11.9. The van der Waals surface area contributed by atoms with Crippen LogP contribution < -0.4 is 11.1 Å². The number of hydrogen-bond donors (Lipinski definition) is 3. The highest BCUT2D eigenvalue weighted by Gasteiger charge is 2.05. The van der Waals surface area contributed by atoms with Gasteiger partial charge >= 0.3 is 0 Å². The standard InChI is InChI=1S/C14H12ClN3O/c15-11-2-1-9(7-16)13(6-11)18-8-10-5-12(17)3-4-14(10)19/h1-6,18-19H,8,17H2. The molecule has 0 saturated heterocycles. The molecule has 0 saturated carbocycles. The summed E-state index contributed by atoms with van der Waals surface area (Å²) in [6.45, 7) is 0.353. The van der Waals surface area contributed by atoms with Crippen LogP contribution in [0.1, 0.15) is 11.1 Å². The second-order valence-electron chi connectivity index (χ2n) is 4.04. The molecule has 0 unspecified atom stereocenters. The van der Waals surface area contributed by atoms with E-state index in [4.69, 9.17) is 22.6 Å². The Kier molecular flexibility index (Phi) is 3.79. The molecule has 19 heavy (non-hydrogen) atoms. The molecule has 5 heteroatoms. The van der Waals surface area contributed by atoms with E-state index < -0.39 is 0 Å². The Morgan fingerprint density at radius 2 is 2.05 bits per heavy atom. The third kappa shape index (κ3) is 3.09. The molecule has 96 valence electrons. The highest BCUT2D eigenvalue weighted by atomic mass is 35.5. The summed E-state index contributed by atoms with van der Waals surface area (Å²) in [6.07, 6.45) is 0. The Morgan fingerprint density at radius 3 is 2.79 bits per heavy atom. The lowest BCUT2D eigenvalue weighted by Gasteiger charge is -2.10. The Labute approximate surface area is 116 Å². The van der Waals surface area contributed by atoms with Crippen molar-refractivity contribution in [2.75, 3.05) is 11.1 Å². The minimum Gasteiger partial charge on any atom is -0.508 e. The van der Waals surface area contributed by atoms with E-state index in [0.29, 0.717) is 34.1 Å². The molecule has 2 aromatic carbocycles. The molecule has 0 aromatic heterocycles. The first-order chi connectivity index (χ1) is 9.10. The molecule has 4 N–H and O–H groups in total. The van der Waals surface area contributed by atoms with Crippen LogP contribution in [-0.4, -0.2) is 5.11 Å². The number of phenolic OH excluding ortho intramolecular Hbond substituents is 1. The van der Waals surface area contributed by atoms with E-state index >= 15 is 0 Å². The van der Waals surface area contributed by atoms with Gasteiger partial charge in [-0.2, -0.15) is 5.26 Å². The number of nitriles is 1. The van der Waals surface area contributed by atoms with Crippen LogP contribution in [0.15, 0.2) is 36.4 Å². The van der Waals surface area contributed by atoms with E-state index in [0.717, 1.165) is 0 Å². The molecular formula is C14H12ClN3O. The van der Waals surface area contributed by atoms with Crippen molar-refractivity contribution in [2.24, 2.45) is 0 Å². The van der Waals surface area contributed by atoms with Crippen molar-refractivity contribution >= 4 is 23.0 Å². The average molecular weight is 274 g/mol. The predicted molar refractivity (Wildman–Crippen MR) is 76.0 cm³/mol. The van der Waals surface area contributed by atoms with Gasteiger partial charge in [0.2, 0.25) is 0 Å². The van der Waals surface area contributed by atoms with Crippen LogP contribution in [-0.2, 0) is 6.54 Å². The van der Waals surface area contributed by atoms with Crippen LogP contribution in [0.25, 0.3) is 0 Å². The molecule has 0 radical (unpaired) electrons. The van der Waals surface area contributed by atoms with Crippen molar-refractivity contribution in [3.63, 3.8) is 0 Å². The molecule has 2 aromatic rings. The Bertz CT molecular complexity index is 650. The largest absolute Gasteiger partial charge is 0.508 e. The van der Waals surface area contributed by atoms with Crippen LogP contribution in [0, 0.1) is 11.3 Å². The minimum atomic E-state index is 0.155. The number of nitrogens with zero attached hydrogens (tertiary/aromatic N) is 1. The quantitative estimate of drug-likeness (QED) is 0.593. The fourth-order valence-electron chi connectivity index (χ4n) is 1.70. The maximum atomic E-state index is 9.71. The van der Waals surface area contributed by atoms with Crippen LogP contribution in [0.3, 0.4) is 0 Å². The van der Waals surface area contributed by atoms with Gasteiger partial charge in [0, 0.05) is 22.8 Å². The van der Waals surface area contributed by atoms with Gasteiger partial charge in [-0.3, -0.25) is 0 Å². The van der Waals surface area contributed by atoms with Gasteiger partial charge in [0.1, 0.15) is 11.8 Å². The number of phenols is 1. The van der Waals surface area contributed by atoms with Crippen molar-refractivity contribution < 1.29 is 5.11 Å². The summed E-state index contributed by atoms with van der Waals surface area (Å²) >= 11 is 5.89. The van der Waals surface area contributed by atoms with Crippen molar-refractivity contribution in [3.8, 4) is 11.8 Å². The molecule has 0 spiro atoms. The molecule has 0 aliphatic carbocycles. The zero-order valence-corrected chi connectivity index (χ0v) is 10.8. The van der Waals surface area contributed by atoms with Gasteiger partial charge in [0.15, 0.2) is 0 Å². The van der Waals surface area contributed by atoms with Gasteiger partial charge in [-0.25, -0.2) is 0 Å². The first kappa shape index (κ1) is 13.1. The molecule has 0 aliphatic rings. The molecular weight excluding hydrogens is 262 g/mol. The second kappa shape index (κ2) is 5.51. The molecule has 0 heterocycles. The van der Waals surface area contributed by atoms with Crippen molar-refractivity contribution in [1.82, 2.24) is 0 Å². The smallest absolute Gasteiger partial charge is 0.120 e. The normalized spacial score (nSPS) is 9.89. The maximum absolute atomic E-state index is 9.71. The summed E-state index contributed by atoms with van der Waals surface area (Å²) in [7, 11) is 0. The SMILES string of the molecule is N#Cc1ccc(Cl)cc1NCc1cc(N)ccc1O. The van der Waals surface area contributed by atoms with E-state index in [9.17, 15) is 5.11 Å². The lowest BCUT2D eigenvalue weighted by Crippen LogP contribution is -2.02. The van der Waals surface area contributed by atoms with E-state index in [1.807, 2.05) is 0 Å². The lowest BCUT2D eigenvalue weighted by atomic mass is 10.1. The van der Waals surface area contributed by atoms with E-state index in [1.54, 1.807) is 30.3 Å². The fourth-order valence-corrected chi connectivity index (χ4v) is 1.87. The molecule has 0 aliphatic heterocycles. The number of rotatable bonds is 3. The molecule has 0 fully saturated rings. The zero-order valence-electron chi connectivity index (χ0n) is 10.0. The van der Waals surface area contributed by atoms with Crippen molar-refractivity contribution in [2.45, 2.75) is 6.54 Å². The second-order valence-corrected chi connectivity index (χ2v) is 4.48. The summed E-state index contributed by atoms with van der Waals surface area (Å²) in [4.78, 5) is 0. The van der Waals surface area contributed by atoms with E-state index in [2.05, 4.69) is 11.4 Å². The van der Waals surface area contributed by atoms with Gasteiger partial charge in [-0.05, 0) is 36.4 Å². The molecule has 0 amide bonds. The average Bonchev–Trinajstić information content (AvgIpc) is 2.40. The van der Waals surface area contributed by atoms with E-state index in [1.165, 1.54) is 6.07 Å². The Hall–Kier alpha value is -2.38. The third-order valence-corrected chi connectivity index (χ3v) is 2.91. The third-order valence-electron chi connectivity index (χ3n) is 2.67. The lowest BCUT2D eigenvalue weighted by molar-refractivity contribution is 0.469. The number of nitrogens with two attached hydrogens (primary N) is 1. The highest BCUT2D eigenvalue weighted by Crippen LogP contribution is 2.24. The first-order valence-corrected chi connectivity index (χ1v) is 5.99. The number of benzene rings is 2. The monoisotopic (exact) mass is 273 g/mol. The summed E-state index contributed by atoms with van der Waals surface area (Å²) in [5.74, 6) is 0.155. The number of anilines is 2. The van der Waals surface area contributed by atoms with Gasteiger partial charge < -0.3 is 16.2 Å². The summed E-state index contributed by atoms with van der Waals surface area (Å²) in [5.41, 5.74) is 8.01. The Morgan fingerprint density at radius 1 is 1.26 bits per heavy atom. The summed E-state index contributed by atoms with van der Waals surface area (Å²) in [5, 5.41) is 22.3. The predicted octanol–water partition coefficient (Wildman–Crippen LogP) is 3.11. The molecule has 0 bridgehead atoms.